The van der Waals surface area contributed by atoms with Gasteiger partial charge in [0, 0.05) is 37.5 Å². The number of aromatic nitrogens is 1. The Morgan fingerprint density at radius 1 is 1.24 bits per heavy atom. The number of piperidine rings is 1. The van der Waals surface area contributed by atoms with Crippen LogP contribution in [0.25, 0.3) is 0 Å². The van der Waals surface area contributed by atoms with E-state index >= 15 is 0 Å². The molecule has 0 radical (unpaired) electrons. The Morgan fingerprint density at radius 2 is 1.93 bits per heavy atom. The van der Waals surface area contributed by atoms with Crippen LogP contribution in [0.1, 0.15) is 75.7 Å². The zero-order valence-corrected chi connectivity index (χ0v) is 19.4. The van der Waals surface area contributed by atoms with Gasteiger partial charge < -0.3 is 9.80 Å². The maximum absolute atomic E-state index is 13.3. The lowest BCUT2D eigenvalue weighted by Crippen LogP contribution is -2.36. The second kappa shape index (κ2) is 9.13. The van der Waals surface area contributed by atoms with Crippen molar-refractivity contribution in [2.24, 2.45) is 4.40 Å². The van der Waals surface area contributed by atoms with Crippen molar-refractivity contribution in [3.05, 3.63) is 22.3 Å². The predicted molar refractivity (Wildman–Crippen MR) is 121 cm³/mol. The zero-order valence-electron chi connectivity index (χ0n) is 17.8. The molecule has 1 aromatic rings. The van der Waals surface area contributed by atoms with Gasteiger partial charge in [0.05, 0.1) is 10.3 Å². The number of halogens is 1. The van der Waals surface area contributed by atoms with E-state index in [1.807, 2.05) is 31.7 Å². The second-order valence-corrected chi connectivity index (χ2v) is 11.2. The Labute approximate surface area is 181 Å². The molecule has 2 saturated heterocycles. The van der Waals surface area contributed by atoms with Gasteiger partial charge in [0.2, 0.25) is 0 Å². The summed E-state index contributed by atoms with van der Waals surface area (Å²) in [4.78, 5) is 22.0. The minimum absolute atomic E-state index is 0.0508. The third-order valence-electron chi connectivity index (χ3n) is 5.52. The number of amides is 1. The summed E-state index contributed by atoms with van der Waals surface area (Å²) >= 11 is 6.54. The van der Waals surface area contributed by atoms with Gasteiger partial charge in [-0.3, -0.25) is 4.79 Å². The molecule has 0 spiro atoms. The molecule has 0 aliphatic carbocycles. The highest BCUT2D eigenvalue weighted by Crippen LogP contribution is 2.29. The summed E-state index contributed by atoms with van der Waals surface area (Å²) in [6.45, 7) is 10.1. The predicted octanol–water partition coefficient (Wildman–Crippen LogP) is 4.23. The largest absolute Gasteiger partial charge is 0.354 e. The Bertz CT molecular complexity index is 816. The monoisotopic (exact) mass is 438 g/mol. The van der Waals surface area contributed by atoms with Gasteiger partial charge in [-0.1, -0.05) is 11.6 Å². The number of hydrogen-bond acceptors (Lipinski definition) is 4. The molecule has 0 N–H and O–H groups in total. The SMILES string of the molecule is C[C@@H]1CCCN1c1cc(C(=O)N2CCCCC2)c(C=N[S@](=O)C(C)(C)C)c(Cl)n1. The lowest BCUT2D eigenvalue weighted by atomic mass is 10.1. The molecule has 0 unspecified atom stereocenters. The summed E-state index contributed by atoms with van der Waals surface area (Å²) in [6, 6.07) is 2.20. The smallest absolute Gasteiger partial charge is 0.254 e. The number of carbonyl (C=O) groups is 1. The topological polar surface area (TPSA) is 65.9 Å². The molecule has 2 atom stereocenters. The highest BCUT2D eigenvalue weighted by atomic mass is 35.5. The molecule has 1 amide bonds. The van der Waals surface area contributed by atoms with Crippen LogP contribution in [0, 0.1) is 0 Å². The summed E-state index contributed by atoms with van der Waals surface area (Å²) < 4.78 is 16.1. The van der Waals surface area contributed by atoms with Gasteiger partial charge in [0.1, 0.15) is 22.0 Å². The molecule has 160 valence electrons. The van der Waals surface area contributed by atoms with Crippen LogP contribution < -0.4 is 4.90 Å². The van der Waals surface area contributed by atoms with E-state index in [9.17, 15) is 9.00 Å². The van der Waals surface area contributed by atoms with Crippen LogP contribution in [-0.2, 0) is 11.0 Å². The summed E-state index contributed by atoms with van der Waals surface area (Å²) in [5, 5.41) is 0.233. The molecule has 0 bridgehead atoms. The van der Waals surface area contributed by atoms with Gasteiger partial charge >= 0.3 is 0 Å². The van der Waals surface area contributed by atoms with Crippen molar-refractivity contribution >= 4 is 40.5 Å². The molecular formula is C21H31ClN4O2S. The third-order valence-corrected chi connectivity index (χ3v) is 7.15. The van der Waals surface area contributed by atoms with Crippen LogP contribution in [0.4, 0.5) is 5.82 Å². The van der Waals surface area contributed by atoms with E-state index in [1.165, 1.54) is 6.21 Å². The number of pyridine rings is 1. The summed E-state index contributed by atoms with van der Waals surface area (Å²) in [5.74, 6) is 0.680. The van der Waals surface area contributed by atoms with Gasteiger partial charge in [0.15, 0.2) is 0 Å². The molecule has 29 heavy (non-hydrogen) atoms. The van der Waals surface area contributed by atoms with E-state index in [1.54, 1.807) is 0 Å². The number of rotatable bonds is 4. The molecular weight excluding hydrogens is 408 g/mol. The first kappa shape index (κ1) is 22.2. The molecule has 0 aromatic carbocycles. The fourth-order valence-electron chi connectivity index (χ4n) is 3.76. The highest BCUT2D eigenvalue weighted by Gasteiger charge is 2.28. The van der Waals surface area contributed by atoms with Crippen LogP contribution in [0.2, 0.25) is 5.15 Å². The van der Waals surface area contributed by atoms with Crippen LogP contribution in [0.15, 0.2) is 10.5 Å². The van der Waals surface area contributed by atoms with E-state index < -0.39 is 15.7 Å². The van der Waals surface area contributed by atoms with Crippen molar-refractivity contribution in [3.63, 3.8) is 0 Å². The molecule has 2 aliphatic heterocycles. The highest BCUT2D eigenvalue weighted by molar-refractivity contribution is 7.85. The van der Waals surface area contributed by atoms with E-state index in [2.05, 4.69) is 21.2 Å². The lowest BCUT2D eigenvalue weighted by Gasteiger charge is -2.28. The fraction of sp³-hybridized carbons (Fsp3) is 0.667. The van der Waals surface area contributed by atoms with Gasteiger partial charge in [-0.15, -0.1) is 0 Å². The van der Waals surface area contributed by atoms with Gasteiger partial charge in [0.25, 0.3) is 5.91 Å². The molecule has 0 saturated carbocycles. The van der Waals surface area contributed by atoms with Crippen molar-refractivity contribution < 1.29 is 9.00 Å². The van der Waals surface area contributed by atoms with Crippen LogP contribution in [0.5, 0.6) is 0 Å². The quantitative estimate of drug-likeness (QED) is 0.521. The number of carbonyl (C=O) groups excluding carboxylic acids is 1. The lowest BCUT2D eigenvalue weighted by molar-refractivity contribution is 0.0724. The first-order chi connectivity index (χ1) is 13.7. The third kappa shape index (κ3) is 5.18. The van der Waals surface area contributed by atoms with Crippen molar-refractivity contribution in [2.45, 2.75) is 70.6 Å². The summed E-state index contributed by atoms with van der Waals surface area (Å²) in [6.07, 6.45) is 6.84. The Morgan fingerprint density at radius 3 is 2.52 bits per heavy atom. The number of anilines is 1. The van der Waals surface area contributed by atoms with Crippen LogP contribution in [0.3, 0.4) is 0 Å². The van der Waals surface area contributed by atoms with E-state index in [0.717, 1.165) is 57.6 Å². The second-order valence-electron chi connectivity index (χ2n) is 8.87. The minimum atomic E-state index is -1.44. The summed E-state index contributed by atoms with van der Waals surface area (Å²) in [7, 11) is -1.44. The standard InChI is InChI=1S/C21H31ClN4O2S/c1-15-9-8-12-26(15)18-13-16(20(27)25-10-6-5-7-11-25)17(19(22)24-18)14-23-29(28)21(2,3)4/h13-15H,5-12H2,1-4H3/t15-,29-/m1/s1. The number of hydrogen-bond donors (Lipinski definition) is 0. The average Bonchev–Trinajstić information content (AvgIpc) is 3.11. The normalized spacial score (nSPS) is 21.8. The fourth-order valence-corrected chi connectivity index (χ4v) is 4.51. The van der Waals surface area contributed by atoms with Crippen molar-refractivity contribution in [1.29, 1.82) is 0 Å². The molecule has 1 aromatic heterocycles. The van der Waals surface area contributed by atoms with E-state index in [0.29, 0.717) is 17.2 Å². The van der Waals surface area contributed by atoms with Gasteiger partial charge in [-0.05, 0) is 65.9 Å². The molecule has 6 nitrogen and oxygen atoms in total. The van der Waals surface area contributed by atoms with Gasteiger partial charge in [-0.25, -0.2) is 9.19 Å². The first-order valence-corrected chi connectivity index (χ1v) is 11.9. The molecule has 3 heterocycles. The van der Waals surface area contributed by atoms with Crippen molar-refractivity contribution in [2.75, 3.05) is 24.5 Å². The maximum Gasteiger partial charge on any atom is 0.254 e. The average molecular weight is 439 g/mol. The van der Waals surface area contributed by atoms with Crippen molar-refractivity contribution in [1.82, 2.24) is 9.88 Å². The first-order valence-electron chi connectivity index (χ1n) is 10.4. The van der Waals surface area contributed by atoms with Gasteiger partial charge in [-0.2, -0.15) is 4.40 Å². The Hall–Kier alpha value is -1.47. The van der Waals surface area contributed by atoms with E-state index in [4.69, 9.17) is 11.6 Å². The molecule has 2 aliphatic rings. The zero-order chi connectivity index (χ0) is 21.2. The molecule has 8 heteroatoms. The Kier molecular flexibility index (Phi) is 6.99. The Balaban J connectivity index is 2.02. The number of likely N-dealkylation sites (tertiary alicyclic amines) is 1. The molecule has 3 rings (SSSR count). The van der Waals surface area contributed by atoms with E-state index in [-0.39, 0.29) is 11.1 Å². The van der Waals surface area contributed by atoms with Crippen LogP contribution >= 0.6 is 11.6 Å². The minimum Gasteiger partial charge on any atom is -0.354 e. The number of nitrogens with zero attached hydrogens (tertiary/aromatic N) is 4. The summed E-state index contributed by atoms with van der Waals surface area (Å²) in [5.41, 5.74) is 0.950. The molecule has 2 fully saturated rings. The maximum atomic E-state index is 13.3. The van der Waals surface area contributed by atoms with Crippen LogP contribution in [-0.4, -0.2) is 56.6 Å². The van der Waals surface area contributed by atoms with Crippen molar-refractivity contribution in [3.8, 4) is 0 Å².